The molecule has 0 atom stereocenters. The van der Waals surface area contributed by atoms with Crippen LogP contribution in [-0.4, -0.2) is 6.61 Å². The number of benzene rings is 1. The molecule has 0 bridgehead atoms. The topological polar surface area (TPSA) is 9.23 Å². The first-order valence-electron chi connectivity index (χ1n) is 5.85. The van der Waals surface area contributed by atoms with Crippen LogP contribution in [0.15, 0.2) is 18.2 Å². The first kappa shape index (κ1) is 12.1. The predicted molar refractivity (Wildman–Crippen MR) is 65.3 cm³/mol. The molecule has 15 heavy (non-hydrogen) atoms. The molecule has 0 amide bonds. The third-order valence-corrected chi connectivity index (χ3v) is 2.33. The summed E-state index contributed by atoms with van der Waals surface area (Å²) in [6.45, 7) is 9.14. The van der Waals surface area contributed by atoms with E-state index in [2.05, 4.69) is 32.9 Å². The zero-order chi connectivity index (χ0) is 11.1. The third-order valence-electron chi connectivity index (χ3n) is 2.33. The molecule has 0 aliphatic rings. The Balaban J connectivity index is 2.62. The molecule has 0 fully saturated rings. The van der Waals surface area contributed by atoms with Gasteiger partial charge in [0.05, 0.1) is 6.61 Å². The Kier molecular flexibility index (Phi) is 5.23. The summed E-state index contributed by atoms with van der Waals surface area (Å²) >= 11 is 0. The maximum atomic E-state index is 5.67. The molecule has 1 radical (unpaired) electrons. The molecule has 0 saturated carbocycles. The molecule has 1 aromatic rings. The SMILES string of the molecule is [CH2]c1cc(CCC)cc(OCCCC)c1. The van der Waals surface area contributed by atoms with Crippen LogP contribution >= 0.6 is 0 Å². The Morgan fingerprint density at radius 3 is 2.60 bits per heavy atom. The highest BCUT2D eigenvalue weighted by molar-refractivity contribution is 5.35. The van der Waals surface area contributed by atoms with Crippen molar-refractivity contribution in [2.24, 2.45) is 0 Å². The molecule has 0 aliphatic heterocycles. The van der Waals surface area contributed by atoms with Gasteiger partial charge in [0.15, 0.2) is 0 Å². The van der Waals surface area contributed by atoms with E-state index in [9.17, 15) is 0 Å². The van der Waals surface area contributed by atoms with Crippen molar-refractivity contribution in [2.75, 3.05) is 6.61 Å². The van der Waals surface area contributed by atoms with Crippen LogP contribution < -0.4 is 4.74 Å². The zero-order valence-electron chi connectivity index (χ0n) is 9.88. The minimum atomic E-state index is 0.811. The summed E-state index contributed by atoms with van der Waals surface area (Å²) in [5.74, 6) is 0.972. The lowest BCUT2D eigenvalue weighted by atomic mass is 10.1. The van der Waals surface area contributed by atoms with Gasteiger partial charge in [-0.3, -0.25) is 0 Å². The molecule has 1 aromatic carbocycles. The maximum absolute atomic E-state index is 5.67. The van der Waals surface area contributed by atoms with Crippen molar-refractivity contribution in [3.63, 3.8) is 0 Å². The average molecular weight is 205 g/mol. The van der Waals surface area contributed by atoms with Crippen LogP contribution in [0.2, 0.25) is 0 Å². The lowest BCUT2D eigenvalue weighted by Gasteiger charge is -2.08. The number of hydrogen-bond acceptors (Lipinski definition) is 1. The summed E-state index contributed by atoms with van der Waals surface area (Å²) in [4.78, 5) is 0. The van der Waals surface area contributed by atoms with E-state index in [1.807, 2.05) is 6.07 Å². The van der Waals surface area contributed by atoms with Gasteiger partial charge in [-0.2, -0.15) is 0 Å². The Labute approximate surface area is 93.5 Å². The van der Waals surface area contributed by atoms with Crippen LogP contribution in [0, 0.1) is 6.92 Å². The summed E-state index contributed by atoms with van der Waals surface area (Å²) in [5.41, 5.74) is 2.38. The highest BCUT2D eigenvalue weighted by Crippen LogP contribution is 2.18. The molecule has 0 spiro atoms. The highest BCUT2D eigenvalue weighted by atomic mass is 16.5. The standard InChI is InChI=1S/C14H21O/c1-4-6-8-15-14-10-12(3)9-13(11-14)7-5-2/h9-11H,3-8H2,1-2H3. The summed E-state index contributed by atoms with van der Waals surface area (Å²) < 4.78 is 5.67. The summed E-state index contributed by atoms with van der Waals surface area (Å²) in [5, 5.41) is 0. The number of hydrogen-bond donors (Lipinski definition) is 0. The second kappa shape index (κ2) is 6.49. The van der Waals surface area contributed by atoms with Crippen LogP contribution in [0.3, 0.4) is 0 Å². The summed E-state index contributed by atoms with van der Waals surface area (Å²) in [6, 6.07) is 6.28. The number of aryl methyl sites for hydroxylation is 1. The molecule has 0 unspecified atom stereocenters. The smallest absolute Gasteiger partial charge is 0.119 e. The van der Waals surface area contributed by atoms with Crippen molar-refractivity contribution >= 4 is 0 Å². The van der Waals surface area contributed by atoms with E-state index in [4.69, 9.17) is 4.74 Å². The average Bonchev–Trinajstić information content (AvgIpc) is 2.18. The van der Waals surface area contributed by atoms with Crippen molar-refractivity contribution in [2.45, 2.75) is 39.5 Å². The van der Waals surface area contributed by atoms with Gasteiger partial charge in [0, 0.05) is 0 Å². The second-order valence-electron chi connectivity index (χ2n) is 3.94. The van der Waals surface area contributed by atoms with Crippen LogP contribution in [0.1, 0.15) is 44.2 Å². The fourth-order valence-electron chi connectivity index (χ4n) is 1.58. The van der Waals surface area contributed by atoms with E-state index in [0.29, 0.717) is 0 Å². The molecule has 0 N–H and O–H groups in total. The van der Waals surface area contributed by atoms with E-state index in [1.165, 1.54) is 12.0 Å². The molecule has 0 aromatic heterocycles. The van der Waals surface area contributed by atoms with Crippen molar-refractivity contribution in [1.29, 1.82) is 0 Å². The largest absolute Gasteiger partial charge is 0.494 e. The van der Waals surface area contributed by atoms with Gasteiger partial charge in [0.2, 0.25) is 0 Å². The van der Waals surface area contributed by atoms with Crippen LogP contribution in [0.5, 0.6) is 5.75 Å². The quantitative estimate of drug-likeness (QED) is 0.638. The van der Waals surface area contributed by atoms with Crippen molar-refractivity contribution < 1.29 is 4.74 Å². The van der Waals surface area contributed by atoms with E-state index in [1.54, 1.807) is 0 Å². The minimum absolute atomic E-state index is 0.811. The Bertz CT molecular complexity index is 291. The molecular weight excluding hydrogens is 184 g/mol. The minimum Gasteiger partial charge on any atom is -0.494 e. The van der Waals surface area contributed by atoms with E-state index in [0.717, 1.165) is 37.2 Å². The van der Waals surface area contributed by atoms with Gasteiger partial charge in [-0.1, -0.05) is 32.8 Å². The second-order valence-corrected chi connectivity index (χ2v) is 3.94. The van der Waals surface area contributed by atoms with Gasteiger partial charge in [-0.15, -0.1) is 0 Å². The molecular formula is C14H21O. The third kappa shape index (κ3) is 4.37. The van der Waals surface area contributed by atoms with Crippen molar-refractivity contribution in [3.05, 3.63) is 36.2 Å². The first-order chi connectivity index (χ1) is 7.26. The molecule has 0 heterocycles. The van der Waals surface area contributed by atoms with Gasteiger partial charge < -0.3 is 4.74 Å². The molecule has 1 heteroatoms. The highest BCUT2D eigenvalue weighted by Gasteiger charge is 1.99. The Morgan fingerprint density at radius 2 is 1.93 bits per heavy atom. The van der Waals surface area contributed by atoms with Crippen LogP contribution in [0.4, 0.5) is 0 Å². The van der Waals surface area contributed by atoms with Crippen molar-refractivity contribution in [3.8, 4) is 5.75 Å². The van der Waals surface area contributed by atoms with Gasteiger partial charge in [-0.25, -0.2) is 0 Å². The molecule has 0 saturated heterocycles. The molecule has 0 aliphatic carbocycles. The number of ether oxygens (including phenoxy) is 1. The lowest BCUT2D eigenvalue weighted by Crippen LogP contribution is -1.97. The van der Waals surface area contributed by atoms with Gasteiger partial charge >= 0.3 is 0 Å². The number of unbranched alkanes of at least 4 members (excludes halogenated alkanes) is 1. The lowest BCUT2D eigenvalue weighted by molar-refractivity contribution is 0.309. The predicted octanol–water partition coefficient (Wildman–Crippen LogP) is 4.00. The fourth-order valence-corrected chi connectivity index (χ4v) is 1.58. The molecule has 1 rings (SSSR count). The van der Waals surface area contributed by atoms with Crippen LogP contribution in [0.25, 0.3) is 0 Å². The first-order valence-corrected chi connectivity index (χ1v) is 5.85. The molecule has 1 nitrogen and oxygen atoms in total. The van der Waals surface area contributed by atoms with Crippen molar-refractivity contribution in [1.82, 2.24) is 0 Å². The van der Waals surface area contributed by atoms with Gasteiger partial charge in [0.25, 0.3) is 0 Å². The Morgan fingerprint density at radius 1 is 1.13 bits per heavy atom. The maximum Gasteiger partial charge on any atom is 0.119 e. The van der Waals surface area contributed by atoms with Crippen LogP contribution in [-0.2, 0) is 6.42 Å². The summed E-state index contributed by atoms with van der Waals surface area (Å²) in [7, 11) is 0. The van der Waals surface area contributed by atoms with E-state index in [-0.39, 0.29) is 0 Å². The Hall–Kier alpha value is -0.980. The van der Waals surface area contributed by atoms with E-state index < -0.39 is 0 Å². The monoisotopic (exact) mass is 205 g/mol. The normalized spacial score (nSPS) is 10.3. The number of rotatable bonds is 6. The fraction of sp³-hybridized carbons (Fsp3) is 0.500. The molecule has 83 valence electrons. The van der Waals surface area contributed by atoms with Gasteiger partial charge in [-0.05, 0) is 43.0 Å². The van der Waals surface area contributed by atoms with Gasteiger partial charge in [0.1, 0.15) is 5.75 Å². The van der Waals surface area contributed by atoms with E-state index >= 15 is 0 Å². The summed E-state index contributed by atoms with van der Waals surface area (Å²) in [6.07, 6.45) is 4.56. The zero-order valence-corrected chi connectivity index (χ0v) is 9.88.